The molecule has 0 spiro atoms. The summed E-state index contributed by atoms with van der Waals surface area (Å²) in [4.78, 5) is 4.49. The first-order valence-corrected chi connectivity index (χ1v) is 7.67. The highest BCUT2D eigenvalue weighted by molar-refractivity contribution is 9.42. The number of alkyl halides is 3. The number of thiazole rings is 1. The monoisotopic (exact) mass is 415 g/mol. The molecule has 2 rings (SSSR count). The number of nitrogens with zero attached hydrogens (tertiary/aromatic N) is 1. The van der Waals surface area contributed by atoms with Gasteiger partial charge in [-0.1, -0.05) is 23.9 Å². The molecule has 0 atom stereocenters. The van der Waals surface area contributed by atoms with Crippen LogP contribution in [0.15, 0.2) is 28.6 Å². The highest BCUT2D eigenvalue weighted by atomic mass is 80.0. The van der Waals surface area contributed by atoms with Crippen molar-refractivity contribution in [2.24, 2.45) is 0 Å². The summed E-state index contributed by atoms with van der Waals surface area (Å²) in [5.74, 6) is 0. The standard InChI is InChI=1S/C8H4Br3NS2/c9-8(10,11)14-7-12-5-3-1-2-4-6(5)13-7/h1-4H. The van der Waals surface area contributed by atoms with Crippen LogP contribution in [0.3, 0.4) is 0 Å². The smallest absolute Gasteiger partial charge is 0.186 e. The van der Waals surface area contributed by atoms with E-state index >= 15 is 0 Å². The summed E-state index contributed by atoms with van der Waals surface area (Å²) in [5.41, 5.74) is 1.05. The molecule has 0 aliphatic rings. The fraction of sp³-hybridized carbons (Fsp3) is 0.125. The van der Waals surface area contributed by atoms with Crippen LogP contribution in [0.4, 0.5) is 0 Å². The van der Waals surface area contributed by atoms with Gasteiger partial charge in [0.1, 0.15) is 0 Å². The van der Waals surface area contributed by atoms with Crippen LogP contribution in [-0.2, 0) is 0 Å². The summed E-state index contributed by atoms with van der Waals surface area (Å²) in [7, 11) is 0. The van der Waals surface area contributed by atoms with E-state index in [4.69, 9.17) is 0 Å². The number of hydrogen-bond donors (Lipinski definition) is 0. The fourth-order valence-electron chi connectivity index (χ4n) is 0.994. The van der Waals surface area contributed by atoms with Gasteiger partial charge in [0, 0.05) is 0 Å². The highest BCUT2D eigenvalue weighted by Crippen LogP contribution is 2.49. The molecule has 2 aromatic rings. The predicted octanol–water partition coefficient (Wildman–Crippen LogP) is 5.18. The Morgan fingerprint density at radius 2 is 1.93 bits per heavy atom. The molecule has 0 amide bonds. The lowest BCUT2D eigenvalue weighted by Gasteiger charge is -2.07. The van der Waals surface area contributed by atoms with Crippen molar-refractivity contribution in [1.82, 2.24) is 4.98 Å². The molecule has 0 fully saturated rings. The summed E-state index contributed by atoms with van der Waals surface area (Å²) < 4.78 is 1.92. The minimum absolute atomic E-state index is 0.319. The van der Waals surface area contributed by atoms with Gasteiger partial charge < -0.3 is 0 Å². The van der Waals surface area contributed by atoms with Crippen molar-refractivity contribution >= 4 is 81.1 Å². The van der Waals surface area contributed by atoms with E-state index in [0.717, 1.165) is 9.86 Å². The summed E-state index contributed by atoms with van der Waals surface area (Å²) >= 11 is 13.6. The molecular formula is C8H4Br3NS2. The van der Waals surface area contributed by atoms with E-state index in [1.54, 1.807) is 23.1 Å². The van der Waals surface area contributed by atoms with Crippen molar-refractivity contribution in [2.45, 2.75) is 5.81 Å². The Labute approximate surface area is 115 Å². The number of benzene rings is 1. The molecule has 0 radical (unpaired) electrons. The third-order valence-electron chi connectivity index (χ3n) is 1.48. The van der Waals surface area contributed by atoms with Crippen molar-refractivity contribution in [3.05, 3.63) is 24.3 Å². The van der Waals surface area contributed by atoms with Gasteiger partial charge in [0.2, 0.25) is 0 Å². The lowest BCUT2D eigenvalue weighted by Crippen LogP contribution is -1.88. The van der Waals surface area contributed by atoms with E-state index in [-0.39, 0.29) is 1.47 Å². The van der Waals surface area contributed by atoms with Crippen molar-refractivity contribution in [3.63, 3.8) is 0 Å². The molecule has 14 heavy (non-hydrogen) atoms. The average molecular weight is 418 g/mol. The molecule has 0 N–H and O–H groups in total. The second-order valence-corrected chi connectivity index (χ2v) is 13.3. The first kappa shape index (κ1) is 11.4. The van der Waals surface area contributed by atoms with Gasteiger partial charge in [0.25, 0.3) is 0 Å². The second kappa shape index (κ2) is 4.41. The number of thioether (sulfide) groups is 1. The zero-order valence-electron chi connectivity index (χ0n) is 6.71. The Balaban J connectivity index is 2.36. The maximum atomic E-state index is 4.49. The van der Waals surface area contributed by atoms with Crippen LogP contribution in [-0.4, -0.2) is 6.46 Å². The Kier molecular flexibility index (Phi) is 3.59. The van der Waals surface area contributed by atoms with Crippen molar-refractivity contribution < 1.29 is 0 Å². The van der Waals surface area contributed by atoms with Crippen LogP contribution in [0.25, 0.3) is 10.2 Å². The number of para-hydroxylation sites is 1. The van der Waals surface area contributed by atoms with Gasteiger partial charge in [-0.2, -0.15) is 0 Å². The van der Waals surface area contributed by atoms with Gasteiger partial charge in [0.15, 0.2) is 5.81 Å². The predicted molar refractivity (Wildman–Crippen MR) is 75.0 cm³/mol. The maximum Gasteiger partial charge on any atom is 0.186 e. The van der Waals surface area contributed by atoms with Gasteiger partial charge in [-0.05, 0) is 59.9 Å². The number of hydrogen-bond acceptors (Lipinski definition) is 3. The number of fused-ring (bicyclic) bond motifs is 1. The third kappa shape index (κ3) is 2.95. The third-order valence-corrected chi connectivity index (χ3v) is 4.76. The first-order chi connectivity index (χ1) is 6.54. The minimum Gasteiger partial charge on any atom is -0.230 e. The molecule has 1 aromatic heterocycles. The average Bonchev–Trinajstić information content (AvgIpc) is 2.42. The zero-order valence-corrected chi connectivity index (χ0v) is 13.1. The molecular weight excluding hydrogens is 414 g/mol. The van der Waals surface area contributed by atoms with Crippen molar-refractivity contribution in [1.29, 1.82) is 0 Å². The van der Waals surface area contributed by atoms with Gasteiger partial charge in [-0.15, -0.1) is 11.3 Å². The number of halogens is 3. The van der Waals surface area contributed by atoms with Crippen molar-refractivity contribution in [2.75, 3.05) is 0 Å². The quantitative estimate of drug-likeness (QED) is 0.468. The SMILES string of the molecule is BrC(Br)(Br)Sc1nc2ccccc2s1. The van der Waals surface area contributed by atoms with Gasteiger partial charge in [-0.3, -0.25) is 0 Å². The molecule has 0 saturated heterocycles. The lowest BCUT2D eigenvalue weighted by molar-refractivity contribution is 1.31. The molecule has 0 aliphatic heterocycles. The zero-order chi connectivity index (χ0) is 10.2. The Morgan fingerprint density at radius 3 is 2.57 bits per heavy atom. The highest BCUT2D eigenvalue weighted by Gasteiger charge is 2.21. The number of rotatable bonds is 1. The maximum absolute atomic E-state index is 4.49. The normalized spacial score (nSPS) is 12.2. The topological polar surface area (TPSA) is 12.9 Å². The van der Waals surface area contributed by atoms with E-state index in [0.29, 0.717) is 0 Å². The Bertz CT molecular complexity index is 416. The molecule has 6 heteroatoms. The van der Waals surface area contributed by atoms with Crippen LogP contribution in [0, 0.1) is 0 Å². The van der Waals surface area contributed by atoms with Gasteiger partial charge >= 0.3 is 0 Å². The molecule has 0 saturated carbocycles. The van der Waals surface area contributed by atoms with E-state index in [1.807, 2.05) is 18.2 Å². The summed E-state index contributed by atoms with van der Waals surface area (Å²) in [6.07, 6.45) is 0. The van der Waals surface area contributed by atoms with Crippen LogP contribution in [0.1, 0.15) is 0 Å². The Hall–Kier alpha value is 0.900. The molecule has 1 nitrogen and oxygen atoms in total. The first-order valence-electron chi connectivity index (χ1n) is 3.66. The van der Waals surface area contributed by atoms with Crippen LogP contribution in [0.5, 0.6) is 0 Å². The molecule has 0 unspecified atom stereocenters. The molecule has 1 aromatic carbocycles. The van der Waals surface area contributed by atoms with Crippen molar-refractivity contribution in [3.8, 4) is 0 Å². The fourth-order valence-corrected chi connectivity index (χ4v) is 5.19. The lowest BCUT2D eigenvalue weighted by atomic mass is 10.3. The van der Waals surface area contributed by atoms with Crippen LogP contribution >= 0.6 is 70.9 Å². The van der Waals surface area contributed by atoms with E-state index in [1.165, 1.54) is 4.70 Å². The Morgan fingerprint density at radius 1 is 1.21 bits per heavy atom. The van der Waals surface area contributed by atoms with Gasteiger partial charge in [0.05, 0.1) is 10.2 Å². The molecule has 0 aliphatic carbocycles. The molecule has 74 valence electrons. The van der Waals surface area contributed by atoms with Crippen LogP contribution in [0.2, 0.25) is 0 Å². The largest absolute Gasteiger partial charge is 0.230 e. The van der Waals surface area contributed by atoms with E-state index in [9.17, 15) is 0 Å². The molecule has 0 bridgehead atoms. The summed E-state index contributed by atoms with van der Waals surface area (Å²) in [5, 5.41) is 0. The van der Waals surface area contributed by atoms with Gasteiger partial charge in [-0.25, -0.2) is 4.98 Å². The summed E-state index contributed by atoms with van der Waals surface area (Å²) in [6.45, 7) is 0. The second-order valence-electron chi connectivity index (χ2n) is 2.50. The van der Waals surface area contributed by atoms with E-state index in [2.05, 4.69) is 58.8 Å². The van der Waals surface area contributed by atoms with Crippen LogP contribution < -0.4 is 0 Å². The number of aromatic nitrogens is 1. The minimum atomic E-state index is -0.319. The summed E-state index contributed by atoms with van der Waals surface area (Å²) in [6, 6.07) is 8.13. The van der Waals surface area contributed by atoms with E-state index < -0.39 is 0 Å². The molecule has 1 heterocycles.